The average Bonchev–Trinajstić information content (AvgIpc) is 2.88. The molecule has 4 N–H and O–H groups in total. The summed E-state index contributed by atoms with van der Waals surface area (Å²) in [5.41, 5.74) is 9.72. The minimum Gasteiger partial charge on any atom is -0.382 e. The van der Waals surface area contributed by atoms with Crippen molar-refractivity contribution >= 4 is 22.7 Å². The Hall–Kier alpha value is -2.76. The molecule has 0 aliphatic carbocycles. The van der Waals surface area contributed by atoms with Crippen LogP contribution in [-0.4, -0.2) is 21.1 Å². The van der Waals surface area contributed by atoms with Gasteiger partial charge in [-0.05, 0) is 30.4 Å². The molecule has 6 nitrogen and oxygen atoms in total. The third-order valence-corrected chi connectivity index (χ3v) is 4.57. The highest BCUT2D eigenvalue weighted by molar-refractivity contribution is 5.87. The number of imidazole rings is 1. The lowest BCUT2D eigenvalue weighted by Crippen LogP contribution is -2.17. The molecular formula is C18H21N5O. The van der Waals surface area contributed by atoms with Gasteiger partial charge in [0.1, 0.15) is 11.3 Å². The van der Waals surface area contributed by atoms with Gasteiger partial charge in [-0.25, -0.2) is 9.78 Å². The number of nitrogen functional groups attached to an aromatic ring is 1. The first-order valence-electron chi connectivity index (χ1n) is 8.41. The standard InChI is InChI=1S/C18H21N5O/c19-17-16-14-10-15(21-17)20-8-3-1-2-5-12-6-4-7-13(9-12)11-23(14)18(24)22-16/h4,6-7,9-10H,1-3,5,8,11H2,(H,22,24)(H3,19,20,21). The Morgan fingerprint density at radius 1 is 1.12 bits per heavy atom. The van der Waals surface area contributed by atoms with Gasteiger partial charge in [-0.2, -0.15) is 0 Å². The number of pyridine rings is 1. The highest BCUT2D eigenvalue weighted by atomic mass is 16.1. The molecule has 0 spiro atoms. The number of hydrogen-bond donors (Lipinski definition) is 3. The van der Waals surface area contributed by atoms with Crippen LogP contribution in [-0.2, 0) is 13.0 Å². The van der Waals surface area contributed by atoms with Gasteiger partial charge < -0.3 is 16.0 Å². The maximum absolute atomic E-state index is 12.4. The van der Waals surface area contributed by atoms with Crippen LogP contribution in [0.15, 0.2) is 35.1 Å². The average molecular weight is 323 g/mol. The Labute approximate surface area is 139 Å². The predicted molar refractivity (Wildman–Crippen MR) is 96.4 cm³/mol. The van der Waals surface area contributed by atoms with Crippen LogP contribution in [0.1, 0.15) is 30.4 Å². The monoisotopic (exact) mass is 323 g/mol. The summed E-state index contributed by atoms with van der Waals surface area (Å²) in [5.74, 6) is 1.07. The molecule has 1 aromatic carbocycles. The summed E-state index contributed by atoms with van der Waals surface area (Å²) in [4.78, 5) is 19.6. The van der Waals surface area contributed by atoms with Crippen molar-refractivity contribution in [2.45, 2.75) is 32.2 Å². The molecule has 6 heteroatoms. The van der Waals surface area contributed by atoms with E-state index in [0.717, 1.165) is 42.7 Å². The Kier molecular flexibility index (Phi) is 3.72. The molecule has 124 valence electrons. The Bertz CT molecular complexity index is 940. The molecule has 0 amide bonds. The fourth-order valence-electron chi connectivity index (χ4n) is 3.34. The molecule has 1 aliphatic rings. The minimum absolute atomic E-state index is 0.159. The van der Waals surface area contributed by atoms with E-state index in [1.807, 2.05) is 6.07 Å². The molecule has 4 bridgehead atoms. The van der Waals surface area contributed by atoms with Gasteiger partial charge in [0.05, 0.1) is 12.1 Å². The van der Waals surface area contributed by atoms with Crippen LogP contribution in [0.5, 0.6) is 0 Å². The van der Waals surface area contributed by atoms with Crippen LogP contribution in [0.3, 0.4) is 0 Å². The normalized spacial score (nSPS) is 15.2. The van der Waals surface area contributed by atoms with Gasteiger partial charge in [0.15, 0.2) is 5.82 Å². The van der Waals surface area contributed by atoms with E-state index in [1.54, 1.807) is 4.57 Å². The summed E-state index contributed by atoms with van der Waals surface area (Å²) >= 11 is 0. The lowest BCUT2D eigenvalue weighted by molar-refractivity contribution is 0.695. The zero-order valence-electron chi connectivity index (χ0n) is 13.5. The van der Waals surface area contributed by atoms with Crippen molar-refractivity contribution in [2.24, 2.45) is 0 Å². The highest BCUT2D eigenvalue weighted by Crippen LogP contribution is 2.21. The number of aromatic nitrogens is 3. The van der Waals surface area contributed by atoms with E-state index in [2.05, 4.69) is 39.6 Å². The molecule has 1 aliphatic heterocycles. The summed E-state index contributed by atoms with van der Waals surface area (Å²) < 4.78 is 1.73. The fourth-order valence-corrected chi connectivity index (χ4v) is 3.34. The van der Waals surface area contributed by atoms with E-state index in [9.17, 15) is 4.79 Å². The fraction of sp³-hybridized carbons (Fsp3) is 0.333. The molecular weight excluding hydrogens is 302 g/mol. The van der Waals surface area contributed by atoms with Crippen LogP contribution >= 0.6 is 0 Å². The lowest BCUT2D eigenvalue weighted by atomic mass is 10.0. The van der Waals surface area contributed by atoms with Crippen LogP contribution in [0, 0.1) is 0 Å². The molecule has 24 heavy (non-hydrogen) atoms. The number of aryl methyl sites for hydroxylation is 1. The second-order valence-corrected chi connectivity index (χ2v) is 6.36. The highest BCUT2D eigenvalue weighted by Gasteiger charge is 2.13. The van der Waals surface area contributed by atoms with Crippen LogP contribution in [0.2, 0.25) is 0 Å². The lowest BCUT2D eigenvalue weighted by Gasteiger charge is -2.11. The number of benzene rings is 1. The molecule has 4 rings (SSSR count). The van der Waals surface area contributed by atoms with Gasteiger partial charge in [0, 0.05) is 12.6 Å². The van der Waals surface area contributed by atoms with Crippen molar-refractivity contribution in [2.75, 3.05) is 17.6 Å². The molecule has 0 unspecified atom stereocenters. The van der Waals surface area contributed by atoms with Gasteiger partial charge in [-0.3, -0.25) is 4.57 Å². The van der Waals surface area contributed by atoms with E-state index >= 15 is 0 Å². The number of nitrogens with zero attached hydrogens (tertiary/aromatic N) is 2. The number of anilines is 2. The van der Waals surface area contributed by atoms with E-state index < -0.39 is 0 Å². The first-order valence-corrected chi connectivity index (χ1v) is 8.41. The molecule has 0 radical (unpaired) electrons. The topological polar surface area (TPSA) is 88.7 Å². The van der Waals surface area contributed by atoms with Gasteiger partial charge in [-0.15, -0.1) is 0 Å². The summed E-state index contributed by atoms with van der Waals surface area (Å²) in [6.07, 6.45) is 4.49. The molecule has 3 aromatic rings. The van der Waals surface area contributed by atoms with Crippen molar-refractivity contribution in [3.63, 3.8) is 0 Å². The van der Waals surface area contributed by atoms with Gasteiger partial charge in [-0.1, -0.05) is 30.7 Å². The molecule has 0 saturated heterocycles. The third kappa shape index (κ3) is 2.75. The molecule has 0 fully saturated rings. The molecule has 0 atom stereocenters. The number of nitrogens with one attached hydrogen (secondary N) is 2. The van der Waals surface area contributed by atoms with Crippen LogP contribution in [0.4, 0.5) is 11.6 Å². The predicted octanol–water partition coefficient (Wildman–Crippen LogP) is 2.49. The van der Waals surface area contributed by atoms with Crippen molar-refractivity contribution in [1.29, 1.82) is 0 Å². The molecule has 3 heterocycles. The number of hydrogen-bond acceptors (Lipinski definition) is 4. The molecule has 2 aromatic heterocycles. The second-order valence-electron chi connectivity index (χ2n) is 6.36. The maximum atomic E-state index is 12.4. The van der Waals surface area contributed by atoms with E-state index in [-0.39, 0.29) is 5.69 Å². The van der Waals surface area contributed by atoms with E-state index in [0.29, 0.717) is 17.9 Å². The van der Waals surface area contributed by atoms with Crippen LogP contribution in [0.25, 0.3) is 11.0 Å². The quantitative estimate of drug-likeness (QED) is 0.593. The summed E-state index contributed by atoms with van der Waals surface area (Å²) in [5, 5.41) is 3.32. The maximum Gasteiger partial charge on any atom is 0.326 e. The number of fused-ring (bicyclic) bond motifs is 3. The SMILES string of the molecule is Nc1nc2cc3c1[nH]c(=O)n3Cc1cccc(c1)CCCCCN2. The zero-order chi connectivity index (χ0) is 16.5. The van der Waals surface area contributed by atoms with Crippen molar-refractivity contribution in [3.8, 4) is 0 Å². The van der Waals surface area contributed by atoms with Crippen molar-refractivity contribution in [3.05, 3.63) is 51.9 Å². The Morgan fingerprint density at radius 3 is 2.92 bits per heavy atom. The summed E-state index contributed by atoms with van der Waals surface area (Å²) in [6.45, 7) is 1.38. The number of nitrogens with two attached hydrogens (primary N) is 1. The van der Waals surface area contributed by atoms with E-state index in [4.69, 9.17) is 5.73 Å². The number of rotatable bonds is 0. The van der Waals surface area contributed by atoms with Gasteiger partial charge in [0.2, 0.25) is 0 Å². The largest absolute Gasteiger partial charge is 0.382 e. The minimum atomic E-state index is -0.159. The first-order chi connectivity index (χ1) is 11.7. The third-order valence-electron chi connectivity index (χ3n) is 4.57. The smallest absolute Gasteiger partial charge is 0.326 e. The van der Waals surface area contributed by atoms with Crippen molar-refractivity contribution < 1.29 is 0 Å². The Morgan fingerprint density at radius 2 is 2.00 bits per heavy atom. The van der Waals surface area contributed by atoms with Gasteiger partial charge in [0.25, 0.3) is 0 Å². The van der Waals surface area contributed by atoms with Crippen molar-refractivity contribution in [1.82, 2.24) is 14.5 Å². The van der Waals surface area contributed by atoms with Gasteiger partial charge >= 0.3 is 5.69 Å². The Balaban J connectivity index is 1.86. The molecule has 0 saturated carbocycles. The second kappa shape index (κ2) is 6.03. The van der Waals surface area contributed by atoms with Crippen LogP contribution < -0.4 is 16.7 Å². The summed E-state index contributed by atoms with van der Waals surface area (Å²) in [7, 11) is 0. The number of aromatic amines is 1. The first kappa shape index (κ1) is 14.8. The van der Waals surface area contributed by atoms with E-state index in [1.165, 1.54) is 12.0 Å². The summed E-state index contributed by atoms with van der Waals surface area (Å²) in [6, 6.07) is 10.4. The number of H-pyrrole nitrogens is 1. The zero-order valence-corrected chi connectivity index (χ0v) is 13.5.